The summed E-state index contributed by atoms with van der Waals surface area (Å²) in [5.41, 5.74) is 1.30. The molecule has 3 heteroatoms. The van der Waals surface area contributed by atoms with E-state index in [-0.39, 0.29) is 0 Å². The number of hydrogen-bond acceptors (Lipinski definition) is 2. The van der Waals surface area contributed by atoms with Crippen LogP contribution in [0.3, 0.4) is 0 Å². The lowest BCUT2D eigenvalue weighted by molar-refractivity contribution is -0.702. The van der Waals surface area contributed by atoms with Crippen molar-refractivity contribution in [1.29, 1.82) is 0 Å². The van der Waals surface area contributed by atoms with Gasteiger partial charge in [0.05, 0.1) is 13.7 Å². The summed E-state index contributed by atoms with van der Waals surface area (Å²) in [7, 11) is 3.42. The highest BCUT2D eigenvalue weighted by atomic mass is 16.5. The lowest BCUT2D eigenvalue weighted by Crippen LogP contribution is -2.88. The molecule has 0 aliphatic rings. The first-order valence-corrected chi connectivity index (χ1v) is 5.21. The number of nitrogens with two attached hydrogens (primary N) is 1. The van der Waals surface area contributed by atoms with Crippen LogP contribution in [0.5, 0.6) is 5.75 Å². The van der Waals surface area contributed by atoms with Gasteiger partial charge in [0, 0.05) is 12.7 Å². The maximum atomic E-state index is 5.10. The molecule has 0 saturated heterocycles. The molecule has 1 atom stereocenters. The second-order valence-electron chi connectivity index (χ2n) is 3.72. The van der Waals surface area contributed by atoms with Crippen LogP contribution in [-0.2, 0) is 11.3 Å². The summed E-state index contributed by atoms with van der Waals surface area (Å²) >= 11 is 0. The van der Waals surface area contributed by atoms with Crippen LogP contribution in [0.2, 0.25) is 0 Å². The molecule has 1 aromatic carbocycles. The first kappa shape index (κ1) is 12.0. The summed E-state index contributed by atoms with van der Waals surface area (Å²) in [5, 5.41) is 2.27. The second-order valence-corrected chi connectivity index (χ2v) is 3.72. The standard InChI is InChI=1S/C12H19NO2/c1-10(9-14-2)13-8-11-4-6-12(15-3)7-5-11/h4-7,10,13H,8-9H2,1-3H3/p+1/t10-/m1/s1. The van der Waals surface area contributed by atoms with Crippen LogP contribution < -0.4 is 10.1 Å². The zero-order valence-corrected chi connectivity index (χ0v) is 9.69. The Labute approximate surface area is 91.4 Å². The van der Waals surface area contributed by atoms with E-state index >= 15 is 0 Å². The largest absolute Gasteiger partial charge is 0.497 e. The average molecular weight is 210 g/mol. The molecule has 0 aliphatic heterocycles. The van der Waals surface area contributed by atoms with Crippen molar-refractivity contribution in [2.75, 3.05) is 20.8 Å². The van der Waals surface area contributed by atoms with Gasteiger partial charge in [0.2, 0.25) is 0 Å². The average Bonchev–Trinajstić information content (AvgIpc) is 2.27. The molecule has 0 amide bonds. The van der Waals surface area contributed by atoms with Gasteiger partial charge in [0.25, 0.3) is 0 Å². The van der Waals surface area contributed by atoms with E-state index in [1.807, 2.05) is 12.1 Å². The monoisotopic (exact) mass is 210 g/mol. The van der Waals surface area contributed by atoms with E-state index in [4.69, 9.17) is 9.47 Å². The van der Waals surface area contributed by atoms with Gasteiger partial charge in [-0.25, -0.2) is 0 Å². The number of hydrogen-bond donors (Lipinski definition) is 1. The normalized spacial score (nSPS) is 12.5. The SMILES string of the molecule is COC[C@@H](C)[NH2+]Cc1ccc(OC)cc1. The van der Waals surface area contributed by atoms with E-state index in [1.165, 1.54) is 5.56 Å². The van der Waals surface area contributed by atoms with E-state index in [1.54, 1.807) is 14.2 Å². The molecular formula is C12H20NO2+. The Kier molecular flexibility index (Phi) is 5.15. The lowest BCUT2D eigenvalue weighted by atomic mass is 10.2. The molecule has 0 unspecified atom stereocenters. The molecule has 1 rings (SSSR count). The van der Waals surface area contributed by atoms with Crippen molar-refractivity contribution in [3.8, 4) is 5.75 Å². The predicted octanol–water partition coefficient (Wildman–Crippen LogP) is 0.794. The van der Waals surface area contributed by atoms with Gasteiger partial charge in [-0.2, -0.15) is 0 Å². The summed E-state index contributed by atoms with van der Waals surface area (Å²) < 4.78 is 10.2. The van der Waals surface area contributed by atoms with Gasteiger partial charge in [-0.15, -0.1) is 0 Å². The second kappa shape index (κ2) is 6.43. The van der Waals surface area contributed by atoms with E-state index < -0.39 is 0 Å². The van der Waals surface area contributed by atoms with Gasteiger partial charge < -0.3 is 14.8 Å². The molecule has 0 radical (unpaired) electrons. The number of methoxy groups -OCH3 is 2. The molecule has 0 bridgehead atoms. The zero-order valence-electron chi connectivity index (χ0n) is 9.69. The molecule has 0 heterocycles. The molecule has 0 aromatic heterocycles. The van der Waals surface area contributed by atoms with Gasteiger partial charge in [0.1, 0.15) is 18.3 Å². The van der Waals surface area contributed by atoms with E-state index in [9.17, 15) is 0 Å². The van der Waals surface area contributed by atoms with Crippen molar-refractivity contribution < 1.29 is 14.8 Å². The van der Waals surface area contributed by atoms with Gasteiger partial charge >= 0.3 is 0 Å². The van der Waals surface area contributed by atoms with Crippen LogP contribution in [0.25, 0.3) is 0 Å². The highest BCUT2D eigenvalue weighted by Gasteiger charge is 2.04. The quantitative estimate of drug-likeness (QED) is 0.753. The van der Waals surface area contributed by atoms with Crippen LogP contribution in [0.1, 0.15) is 12.5 Å². The van der Waals surface area contributed by atoms with Crippen LogP contribution in [0, 0.1) is 0 Å². The van der Waals surface area contributed by atoms with Crippen LogP contribution in [0.4, 0.5) is 0 Å². The third kappa shape index (κ3) is 4.32. The van der Waals surface area contributed by atoms with Gasteiger partial charge in [-0.1, -0.05) is 0 Å². The van der Waals surface area contributed by atoms with E-state index in [2.05, 4.69) is 24.4 Å². The summed E-state index contributed by atoms with van der Waals surface area (Å²) in [6.45, 7) is 3.93. The topological polar surface area (TPSA) is 35.1 Å². The molecule has 15 heavy (non-hydrogen) atoms. The van der Waals surface area contributed by atoms with Gasteiger partial charge in [0.15, 0.2) is 0 Å². The van der Waals surface area contributed by atoms with Crippen molar-refractivity contribution in [2.24, 2.45) is 0 Å². The first-order valence-electron chi connectivity index (χ1n) is 5.21. The lowest BCUT2D eigenvalue weighted by Gasteiger charge is -2.09. The smallest absolute Gasteiger partial charge is 0.118 e. The van der Waals surface area contributed by atoms with Crippen LogP contribution in [0.15, 0.2) is 24.3 Å². The minimum absolute atomic E-state index is 0.497. The minimum Gasteiger partial charge on any atom is -0.497 e. The molecule has 1 aromatic rings. The maximum absolute atomic E-state index is 5.10. The molecule has 0 aliphatic carbocycles. The van der Waals surface area contributed by atoms with Crippen LogP contribution >= 0.6 is 0 Å². The number of benzene rings is 1. The third-order valence-corrected chi connectivity index (χ3v) is 2.34. The fourth-order valence-electron chi connectivity index (χ4n) is 1.43. The molecule has 0 saturated carbocycles. The minimum atomic E-state index is 0.497. The zero-order chi connectivity index (χ0) is 11.1. The van der Waals surface area contributed by atoms with E-state index in [0.717, 1.165) is 18.9 Å². The first-order chi connectivity index (χ1) is 7.26. The summed E-state index contributed by atoms with van der Waals surface area (Å²) in [6.07, 6.45) is 0. The molecule has 0 fully saturated rings. The van der Waals surface area contributed by atoms with Gasteiger partial charge in [-0.3, -0.25) is 0 Å². The van der Waals surface area contributed by atoms with Crippen molar-refractivity contribution >= 4 is 0 Å². The summed E-state index contributed by atoms with van der Waals surface area (Å²) in [6, 6.07) is 8.66. The van der Waals surface area contributed by atoms with Crippen molar-refractivity contribution in [3.63, 3.8) is 0 Å². The number of quaternary nitrogens is 1. The Morgan fingerprint density at radius 2 is 1.87 bits per heavy atom. The van der Waals surface area contributed by atoms with E-state index in [0.29, 0.717) is 6.04 Å². The number of rotatable bonds is 6. The van der Waals surface area contributed by atoms with Crippen LogP contribution in [-0.4, -0.2) is 26.9 Å². The molecular weight excluding hydrogens is 190 g/mol. The highest BCUT2D eigenvalue weighted by Crippen LogP contribution is 2.10. The Balaban J connectivity index is 2.37. The fraction of sp³-hybridized carbons (Fsp3) is 0.500. The maximum Gasteiger partial charge on any atom is 0.118 e. The van der Waals surface area contributed by atoms with Gasteiger partial charge in [-0.05, 0) is 31.2 Å². The molecule has 0 spiro atoms. The molecule has 2 N–H and O–H groups in total. The summed E-state index contributed by atoms with van der Waals surface area (Å²) in [4.78, 5) is 0. The third-order valence-electron chi connectivity index (χ3n) is 2.34. The summed E-state index contributed by atoms with van der Waals surface area (Å²) in [5.74, 6) is 0.906. The van der Waals surface area contributed by atoms with Crippen molar-refractivity contribution in [2.45, 2.75) is 19.5 Å². The number of ether oxygens (including phenoxy) is 2. The fourth-order valence-corrected chi connectivity index (χ4v) is 1.43. The highest BCUT2D eigenvalue weighted by molar-refractivity contribution is 5.26. The Morgan fingerprint density at radius 3 is 2.40 bits per heavy atom. The van der Waals surface area contributed by atoms with Crippen molar-refractivity contribution in [3.05, 3.63) is 29.8 Å². The molecule has 84 valence electrons. The molecule has 3 nitrogen and oxygen atoms in total. The Bertz CT molecular complexity index is 271. The Morgan fingerprint density at radius 1 is 1.20 bits per heavy atom. The van der Waals surface area contributed by atoms with Crippen molar-refractivity contribution in [1.82, 2.24) is 0 Å². The predicted molar refractivity (Wildman–Crippen MR) is 60.0 cm³/mol. The Hall–Kier alpha value is -1.06.